The van der Waals surface area contributed by atoms with Crippen molar-refractivity contribution in [3.8, 4) is 0 Å². The number of benzene rings is 1. The number of hydrogen-bond donors (Lipinski definition) is 2. The van der Waals surface area contributed by atoms with Crippen molar-refractivity contribution in [2.75, 3.05) is 18.4 Å². The summed E-state index contributed by atoms with van der Waals surface area (Å²) < 4.78 is 0.665. The van der Waals surface area contributed by atoms with Gasteiger partial charge in [-0.2, -0.15) is 0 Å². The van der Waals surface area contributed by atoms with Gasteiger partial charge < -0.3 is 15.3 Å². The molecule has 1 aromatic rings. The van der Waals surface area contributed by atoms with E-state index in [1.54, 1.807) is 17.0 Å². The van der Waals surface area contributed by atoms with Gasteiger partial charge in [-0.1, -0.05) is 22.9 Å². The number of amides is 2. The SMILES string of the molecule is CC1CCN(C(=O)Nc2ccc(Br)cc2C(=O)O)C1. The smallest absolute Gasteiger partial charge is 0.337 e. The zero-order chi connectivity index (χ0) is 14.0. The molecule has 1 aromatic carbocycles. The number of carboxylic acids is 1. The number of nitrogens with one attached hydrogen (secondary N) is 1. The van der Waals surface area contributed by atoms with E-state index in [1.807, 2.05) is 0 Å². The van der Waals surface area contributed by atoms with E-state index >= 15 is 0 Å². The Bertz CT molecular complexity index is 519. The lowest BCUT2D eigenvalue weighted by atomic mass is 10.2. The lowest BCUT2D eigenvalue weighted by molar-refractivity contribution is 0.0698. The molecule has 102 valence electrons. The minimum Gasteiger partial charge on any atom is -0.478 e. The minimum absolute atomic E-state index is 0.0787. The molecule has 1 heterocycles. The number of urea groups is 1. The van der Waals surface area contributed by atoms with E-state index in [-0.39, 0.29) is 11.6 Å². The number of carbonyl (C=O) groups is 2. The Balaban J connectivity index is 2.14. The number of hydrogen-bond acceptors (Lipinski definition) is 2. The molecule has 1 atom stereocenters. The van der Waals surface area contributed by atoms with Gasteiger partial charge in [-0.25, -0.2) is 9.59 Å². The predicted octanol–water partition coefficient (Wildman–Crippen LogP) is 3.02. The van der Waals surface area contributed by atoms with Gasteiger partial charge in [0.05, 0.1) is 11.3 Å². The number of carboxylic acid groups (broad SMARTS) is 1. The Labute approximate surface area is 119 Å². The second kappa shape index (κ2) is 5.61. The van der Waals surface area contributed by atoms with E-state index in [4.69, 9.17) is 5.11 Å². The quantitative estimate of drug-likeness (QED) is 0.877. The third kappa shape index (κ3) is 3.26. The van der Waals surface area contributed by atoms with Gasteiger partial charge >= 0.3 is 12.0 Å². The van der Waals surface area contributed by atoms with Crippen LogP contribution in [0, 0.1) is 5.92 Å². The lowest BCUT2D eigenvalue weighted by Crippen LogP contribution is -2.33. The van der Waals surface area contributed by atoms with Gasteiger partial charge in [0.2, 0.25) is 0 Å². The van der Waals surface area contributed by atoms with Crippen LogP contribution in [0.15, 0.2) is 22.7 Å². The predicted molar refractivity (Wildman–Crippen MR) is 75.5 cm³/mol. The average molecular weight is 327 g/mol. The van der Waals surface area contributed by atoms with Crippen LogP contribution in [-0.2, 0) is 0 Å². The van der Waals surface area contributed by atoms with Crippen LogP contribution in [0.4, 0.5) is 10.5 Å². The van der Waals surface area contributed by atoms with Crippen molar-refractivity contribution in [1.29, 1.82) is 0 Å². The largest absolute Gasteiger partial charge is 0.478 e. The van der Waals surface area contributed by atoms with Crippen molar-refractivity contribution < 1.29 is 14.7 Å². The van der Waals surface area contributed by atoms with Crippen molar-refractivity contribution in [1.82, 2.24) is 4.90 Å². The summed E-state index contributed by atoms with van der Waals surface area (Å²) in [5.74, 6) is -0.569. The zero-order valence-electron chi connectivity index (χ0n) is 10.5. The van der Waals surface area contributed by atoms with Crippen LogP contribution in [0.2, 0.25) is 0 Å². The highest BCUT2D eigenvalue weighted by molar-refractivity contribution is 9.10. The maximum Gasteiger partial charge on any atom is 0.337 e. The number of rotatable bonds is 2. The standard InChI is InChI=1S/C13H15BrN2O3/c1-8-4-5-16(7-8)13(19)15-11-3-2-9(14)6-10(11)12(17)18/h2-3,6,8H,4-5,7H2,1H3,(H,15,19)(H,17,18). The molecule has 0 spiro atoms. The summed E-state index contributed by atoms with van der Waals surface area (Å²) in [7, 11) is 0. The summed E-state index contributed by atoms with van der Waals surface area (Å²) in [5.41, 5.74) is 0.398. The fraction of sp³-hybridized carbons (Fsp3) is 0.385. The molecule has 0 saturated carbocycles. The third-order valence-electron chi connectivity index (χ3n) is 3.16. The van der Waals surface area contributed by atoms with Gasteiger partial charge in [0.15, 0.2) is 0 Å². The van der Waals surface area contributed by atoms with Crippen LogP contribution in [0.25, 0.3) is 0 Å². The van der Waals surface area contributed by atoms with Gasteiger partial charge in [-0.05, 0) is 30.5 Å². The van der Waals surface area contributed by atoms with Crippen molar-refractivity contribution in [3.63, 3.8) is 0 Å². The second-order valence-corrected chi connectivity index (χ2v) is 5.68. The normalized spacial score (nSPS) is 18.4. The molecule has 0 aliphatic carbocycles. The molecule has 1 aliphatic rings. The minimum atomic E-state index is -1.06. The highest BCUT2D eigenvalue weighted by Crippen LogP contribution is 2.22. The Morgan fingerprint density at radius 1 is 1.47 bits per heavy atom. The molecule has 1 saturated heterocycles. The first-order valence-electron chi connectivity index (χ1n) is 6.06. The van der Waals surface area contributed by atoms with Crippen LogP contribution < -0.4 is 5.32 Å². The molecular weight excluding hydrogens is 312 g/mol. The van der Waals surface area contributed by atoms with Crippen LogP contribution in [0.3, 0.4) is 0 Å². The van der Waals surface area contributed by atoms with E-state index in [9.17, 15) is 9.59 Å². The van der Waals surface area contributed by atoms with Crippen molar-refractivity contribution >= 4 is 33.6 Å². The Kier molecular flexibility index (Phi) is 4.09. The summed E-state index contributed by atoms with van der Waals surface area (Å²) in [6, 6.07) is 4.53. The molecular formula is C13H15BrN2O3. The van der Waals surface area contributed by atoms with Crippen LogP contribution in [-0.4, -0.2) is 35.1 Å². The molecule has 0 bridgehead atoms. The van der Waals surface area contributed by atoms with E-state index in [0.29, 0.717) is 29.2 Å². The fourth-order valence-corrected chi connectivity index (χ4v) is 2.48. The van der Waals surface area contributed by atoms with Crippen LogP contribution in [0.5, 0.6) is 0 Å². The van der Waals surface area contributed by atoms with Gasteiger partial charge in [0.25, 0.3) is 0 Å². The lowest BCUT2D eigenvalue weighted by Gasteiger charge is -2.17. The Morgan fingerprint density at radius 2 is 2.21 bits per heavy atom. The maximum atomic E-state index is 12.0. The summed E-state index contributed by atoms with van der Waals surface area (Å²) >= 11 is 3.22. The molecule has 2 amide bonds. The highest BCUT2D eigenvalue weighted by atomic mass is 79.9. The number of likely N-dealkylation sites (tertiary alicyclic amines) is 1. The monoisotopic (exact) mass is 326 g/mol. The first kappa shape index (κ1) is 13.9. The van der Waals surface area contributed by atoms with Gasteiger partial charge in [0.1, 0.15) is 0 Å². The summed E-state index contributed by atoms with van der Waals surface area (Å²) in [4.78, 5) is 24.9. The Hall–Kier alpha value is -1.56. The van der Waals surface area contributed by atoms with E-state index in [0.717, 1.165) is 6.42 Å². The molecule has 2 rings (SSSR count). The van der Waals surface area contributed by atoms with Gasteiger partial charge in [0, 0.05) is 17.6 Å². The Morgan fingerprint density at radius 3 is 2.79 bits per heavy atom. The second-order valence-electron chi connectivity index (χ2n) is 4.77. The van der Waals surface area contributed by atoms with Crippen LogP contribution >= 0.6 is 15.9 Å². The molecule has 6 heteroatoms. The topological polar surface area (TPSA) is 69.6 Å². The first-order valence-corrected chi connectivity index (χ1v) is 6.85. The molecule has 0 aromatic heterocycles. The van der Waals surface area contributed by atoms with Gasteiger partial charge in [-0.3, -0.25) is 0 Å². The first-order chi connectivity index (χ1) is 8.97. The number of carbonyl (C=O) groups excluding carboxylic acids is 1. The van der Waals surface area contributed by atoms with Gasteiger partial charge in [-0.15, -0.1) is 0 Å². The molecule has 0 radical (unpaired) electrons. The van der Waals surface area contributed by atoms with E-state index in [1.165, 1.54) is 6.07 Å². The molecule has 1 aliphatic heterocycles. The molecule has 1 unspecified atom stereocenters. The van der Waals surface area contributed by atoms with E-state index in [2.05, 4.69) is 28.2 Å². The highest BCUT2D eigenvalue weighted by Gasteiger charge is 2.24. The number of anilines is 1. The van der Waals surface area contributed by atoms with Crippen molar-refractivity contribution in [3.05, 3.63) is 28.2 Å². The zero-order valence-corrected chi connectivity index (χ0v) is 12.1. The molecule has 5 nitrogen and oxygen atoms in total. The summed E-state index contributed by atoms with van der Waals surface area (Å²) in [5, 5.41) is 11.8. The third-order valence-corrected chi connectivity index (χ3v) is 3.66. The average Bonchev–Trinajstić information content (AvgIpc) is 2.78. The fourth-order valence-electron chi connectivity index (χ4n) is 2.12. The number of halogens is 1. The molecule has 1 fully saturated rings. The van der Waals surface area contributed by atoms with Crippen LogP contribution in [0.1, 0.15) is 23.7 Å². The molecule has 2 N–H and O–H groups in total. The number of aromatic carboxylic acids is 1. The summed E-state index contributed by atoms with van der Waals surface area (Å²) in [6.07, 6.45) is 0.986. The molecule has 19 heavy (non-hydrogen) atoms. The maximum absolute atomic E-state index is 12.0. The summed E-state index contributed by atoms with van der Waals surface area (Å²) in [6.45, 7) is 3.52. The van der Waals surface area contributed by atoms with E-state index < -0.39 is 5.97 Å². The van der Waals surface area contributed by atoms with Crippen molar-refractivity contribution in [2.24, 2.45) is 5.92 Å². The van der Waals surface area contributed by atoms with Crippen molar-refractivity contribution in [2.45, 2.75) is 13.3 Å². The number of nitrogens with zero attached hydrogens (tertiary/aromatic N) is 1.